The van der Waals surface area contributed by atoms with Crippen LogP contribution in [0.2, 0.25) is 0 Å². The average Bonchev–Trinajstić information content (AvgIpc) is 3.03. The summed E-state index contributed by atoms with van der Waals surface area (Å²) in [7, 11) is 1.84. The molecule has 0 aliphatic heterocycles. The van der Waals surface area contributed by atoms with Gasteiger partial charge in [0, 0.05) is 30.7 Å². The number of nitrogens with zero attached hydrogens (tertiary/aromatic N) is 3. The molecule has 2 amide bonds. The summed E-state index contributed by atoms with van der Waals surface area (Å²) in [6, 6.07) is 6.14. The first-order valence-corrected chi connectivity index (χ1v) is 11.7. The van der Waals surface area contributed by atoms with Crippen molar-refractivity contribution in [1.29, 1.82) is 0 Å². The highest BCUT2D eigenvalue weighted by Crippen LogP contribution is 2.38. The normalized spacial score (nSPS) is 21.8. The fourth-order valence-corrected chi connectivity index (χ4v) is 4.84. The van der Waals surface area contributed by atoms with Gasteiger partial charge >= 0.3 is 6.09 Å². The van der Waals surface area contributed by atoms with Gasteiger partial charge in [-0.25, -0.2) is 9.78 Å². The monoisotopic (exact) mass is 441 g/mol. The van der Waals surface area contributed by atoms with Crippen LogP contribution in [0.25, 0.3) is 11.0 Å². The van der Waals surface area contributed by atoms with Gasteiger partial charge in [0.1, 0.15) is 5.60 Å². The number of nitrogens with one attached hydrogen (secondary N) is 1. The van der Waals surface area contributed by atoms with Crippen molar-refractivity contribution in [3.63, 3.8) is 0 Å². The number of carbonyl (C=O) groups excluding carboxylic acids is 2. The van der Waals surface area contributed by atoms with Crippen molar-refractivity contribution >= 4 is 34.7 Å². The quantitative estimate of drug-likeness (QED) is 0.732. The summed E-state index contributed by atoms with van der Waals surface area (Å²) >= 11 is 0. The number of benzene rings is 1. The van der Waals surface area contributed by atoms with E-state index >= 15 is 0 Å². The maximum Gasteiger partial charge on any atom is 0.407 e. The van der Waals surface area contributed by atoms with E-state index in [1.54, 1.807) is 4.90 Å². The zero-order valence-corrected chi connectivity index (χ0v) is 19.6. The molecular formula is C24H35N5O3. The fraction of sp³-hybridized carbons (Fsp3) is 0.625. The van der Waals surface area contributed by atoms with Crippen LogP contribution in [-0.4, -0.2) is 40.2 Å². The Morgan fingerprint density at radius 2 is 1.88 bits per heavy atom. The van der Waals surface area contributed by atoms with Gasteiger partial charge < -0.3 is 25.3 Å². The van der Waals surface area contributed by atoms with Crippen LogP contribution in [0.5, 0.6) is 0 Å². The number of nitrogen functional groups attached to an aromatic ring is 1. The van der Waals surface area contributed by atoms with E-state index in [4.69, 9.17) is 10.5 Å². The summed E-state index contributed by atoms with van der Waals surface area (Å²) in [6.45, 7) is 5.55. The SMILES string of the molecule is CN(C(=O)C1CCCCC1)c1ccc2c(c1)nc(N)n2C1CC(NC(=O)OC(C)(C)C)C1. The van der Waals surface area contributed by atoms with Crippen molar-refractivity contribution < 1.29 is 14.3 Å². The van der Waals surface area contributed by atoms with Gasteiger partial charge in [-0.15, -0.1) is 0 Å². The van der Waals surface area contributed by atoms with Crippen molar-refractivity contribution in [1.82, 2.24) is 14.9 Å². The molecule has 3 N–H and O–H groups in total. The van der Waals surface area contributed by atoms with Gasteiger partial charge in [-0.1, -0.05) is 19.3 Å². The van der Waals surface area contributed by atoms with E-state index in [1.807, 2.05) is 50.6 Å². The first kappa shape index (κ1) is 22.4. The molecule has 1 aromatic carbocycles. The molecule has 8 nitrogen and oxygen atoms in total. The van der Waals surface area contributed by atoms with E-state index in [0.717, 1.165) is 55.2 Å². The molecule has 1 aromatic heterocycles. The Bertz CT molecular complexity index is 997. The van der Waals surface area contributed by atoms with Crippen LogP contribution in [0.3, 0.4) is 0 Å². The summed E-state index contributed by atoms with van der Waals surface area (Å²) in [4.78, 5) is 31.2. The molecule has 2 aliphatic rings. The lowest BCUT2D eigenvalue weighted by molar-refractivity contribution is -0.123. The van der Waals surface area contributed by atoms with E-state index in [0.29, 0.717) is 5.95 Å². The molecule has 1 heterocycles. The highest BCUT2D eigenvalue weighted by atomic mass is 16.6. The number of alkyl carbamates (subject to hydrolysis) is 1. The molecule has 0 atom stereocenters. The van der Waals surface area contributed by atoms with Gasteiger partial charge in [0.05, 0.1) is 11.0 Å². The minimum Gasteiger partial charge on any atom is -0.444 e. The van der Waals surface area contributed by atoms with Crippen LogP contribution < -0.4 is 16.0 Å². The predicted octanol–water partition coefficient (Wildman–Crippen LogP) is 4.39. The minimum atomic E-state index is -0.512. The zero-order chi connectivity index (χ0) is 23.0. The van der Waals surface area contributed by atoms with Crippen LogP contribution in [0.4, 0.5) is 16.4 Å². The number of hydrogen-bond donors (Lipinski definition) is 2. The molecular weight excluding hydrogens is 406 g/mol. The molecule has 2 fully saturated rings. The van der Waals surface area contributed by atoms with E-state index in [2.05, 4.69) is 10.3 Å². The number of imidazole rings is 1. The second kappa shape index (κ2) is 8.64. The lowest BCUT2D eigenvalue weighted by Crippen LogP contribution is -2.46. The second-order valence-corrected chi connectivity index (χ2v) is 10.2. The van der Waals surface area contributed by atoms with Crippen molar-refractivity contribution in [2.75, 3.05) is 17.7 Å². The molecule has 32 heavy (non-hydrogen) atoms. The van der Waals surface area contributed by atoms with Gasteiger partial charge in [0.15, 0.2) is 0 Å². The first-order chi connectivity index (χ1) is 15.1. The van der Waals surface area contributed by atoms with Gasteiger partial charge in [-0.3, -0.25) is 4.79 Å². The lowest BCUT2D eigenvalue weighted by atomic mass is 9.86. The zero-order valence-electron chi connectivity index (χ0n) is 19.6. The standard InChI is InChI=1S/C24H35N5O3/c1-24(2,3)32-23(31)26-16-12-18(13-16)29-20-11-10-17(14-19(20)27-22(29)25)28(4)21(30)15-8-6-5-7-9-15/h10-11,14-16,18H,5-9,12-13H2,1-4H3,(H2,25,27)(H,26,31). The third-order valence-corrected chi connectivity index (χ3v) is 6.57. The Morgan fingerprint density at radius 3 is 2.53 bits per heavy atom. The van der Waals surface area contributed by atoms with Crippen molar-refractivity contribution in [3.8, 4) is 0 Å². The molecule has 2 aliphatic carbocycles. The summed E-state index contributed by atoms with van der Waals surface area (Å²) in [5, 5.41) is 2.92. The number of rotatable bonds is 4. The Hall–Kier alpha value is -2.77. The fourth-order valence-electron chi connectivity index (χ4n) is 4.84. The van der Waals surface area contributed by atoms with Gasteiger partial charge in [-0.2, -0.15) is 0 Å². The van der Waals surface area contributed by atoms with Crippen molar-refractivity contribution in [3.05, 3.63) is 18.2 Å². The van der Waals surface area contributed by atoms with E-state index in [-0.39, 0.29) is 30.0 Å². The van der Waals surface area contributed by atoms with E-state index in [1.165, 1.54) is 6.42 Å². The molecule has 0 saturated heterocycles. The molecule has 0 radical (unpaired) electrons. The number of amides is 2. The van der Waals surface area contributed by atoms with Gasteiger partial charge in [0.25, 0.3) is 0 Å². The molecule has 2 saturated carbocycles. The van der Waals surface area contributed by atoms with Crippen LogP contribution in [-0.2, 0) is 9.53 Å². The number of aromatic nitrogens is 2. The molecule has 0 bridgehead atoms. The Kier molecular flexibility index (Phi) is 6.05. The molecule has 0 unspecified atom stereocenters. The molecule has 8 heteroatoms. The largest absolute Gasteiger partial charge is 0.444 e. The Morgan fingerprint density at radius 1 is 1.19 bits per heavy atom. The molecule has 2 aromatic rings. The third-order valence-electron chi connectivity index (χ3n) is 6.57. The third kappa shape index (κ3) is 4.69. The Labute approximate surface area is 189 Å². The van der Waals surface area contributed by atoms with E-state index in [9.17, 15) is 9.59 Å². The number of anilines is 2. The Balaban J connectivity index is 1.43. The maximum atomic E-state index is 12.9. The van der Waals surface area contributed by atoms with Crippen molar-refractivity contribution in [2.24, 2.45) is 5.92 Å². The summed E-state index contributed by atoms with van der Waals surface area (Å²) in [6.07, 6.45) is 6.61. The van der Waals surface area contributed by atoms with Gasteiger partial charge in [0.2, 0.25) is 11.9 Å². The summed E-state index contributed by atoms with van der Waals surface area (Å²) in [5.41, 5.74) is 8.32. The van der Waals surface area contributed by atoms with Crippen LogP contribution in [0.1, 0.15) is 71.8 Å². The summed E-state index contributed by atoms with van der Waals surface area (Å²) in [5.74, 6) is 0.766. The minimum absolute atomic E-state index is 0.0604. The molecule has 4 rings (SSSR count). The summed E-state index contributed by atoms with van der Waals surface area (Å²) < 4.78 is 7.37. The smallest absolute Gasteiger partial charge is 0.407 e. The lowest BCUT2D eigenvalue weighted by Gasteiger charge is -2.37. The van der Waals surface area contributed by atoms with Crippen LogP contribution in [0.15, 0.2) is 18.2 Å². The number of nitrogens with two attached hydrogens (primary N) is 1. The first-order valence-electron chi connectivity index (χ1n) is 11.7. The second-order valence-electron chi connectivity index (χ2n) is 10.2. The number of hydrogen-bond acceptors (Lipinski definition) is 5. The van der Waals surface area contributed by atoms with Crippen molar-refractivity contribution in [2.45, 2.75) is 83.4 Å². The predicted molar refractivity (Wildman–Crippen MR) is 126 cm³/mol. The van der Waals surface area contributed by atoms with Crippen LogP contribution in [0, 0.1) is 5.92 Å². The number of ether oxygens (including phenoxy) is 1. The maximum absolute atomic E-state index is 12.9. The van der Waals surface area contributed by atoms with Gasteiger partial charge in [-0.05, 0) is 64.7 Å². The number of carbonyl (C=O) groups is 2. The highest BCUT2D eigenvalue weighted by Gasteiger charge is 2.35. The number of fused-ring (bicyclic) bond motifs is 1. The average molecular weight is 442 g/mol. The van der Waals surface area contributed by atoms with E-state index < -0.39 is 5.60 Å². The molecule has 0 spiro atoms. The molecule has 174 valence electrons. The topological polar surface area (TPSA) is 102 Å². The van der Waals surface area contributed by atoms with Crippen LogP contribution >= 0.6 is 0 Å². The highest BCUT2D eigenvalue weighted by molar-refractivity contribution is 5.96.